The summed E-state index contributed by atoms with van der Waals surface area (Å²) in [5.74, 6) is 0. The maximum absolute atomic E-state index is 12.7. The summed E-state index contributed by atoms with van der Waals surface area (Å²) in [6, 6.07) is 6.92. The Balaban J connectivity index is 1.67. The summed E-state index contributed by atoms with van der Waals surface area (Å²) in [5, 5.41) is 2.94. The van der Waals surface area contributed by atoms with Gasteiger partial charge in [-0.25, -0.2) is 13.2 Å². The van der Waals surface area contributed by atoms with Crippen LogP contribution in [-0.4, -0.2) is 38.2 Å². The number of likely N-dealkylation sites (tertiary alicyclic amines) is 1. The van der Waals surface area contributed by atoms with Crippen LogP contribution in [0.3, 0.4) is 0 Å². The van der Waals surface area contributed by atoms with Crippen LogP contribution in [0.15, 0.2) is 24.3 Å². The molecule has 1 aromatic carbocycles. The highest BCUT2D eigenvalue weighted by Crippen LogP contribution is 2.52. The summed E-state index contributed by atoms with van der Waals surface area (Å²) in [7, 11) is -3.30. The number of nitrogens with zero attached hydrogens (tertiary/aromatic N) is 1. The maximum atomic E-state index is 12.7. The van der Waals surface area contributed by atoms with E-state index in [-0.39, 0.29) is 16.9 Å². The van der Waals surface area contributed by atoms with Crippen LogP contribution in [0.4, 0.5) is 16.2 Å². The standard InChI is InChI=1S/C18H27N3O3S/c1-17(2)9-15-10-18(3,11-17)12-21(15)16(22)19-13-5-7-14(8-6-13)20-25(4,23)24/h5-8,15,20H,9-12H2,1-4H3,(H,19,22). The quantitative estimate of drug-likeness (QED) is 0.860. The van der Waals surface area contributed by atoms with Crippen molar-refractivity contribution in [2.75, 3.05) is 22.8 Å². The van der Waals surface area contributed by atoms with Gasteiger partial charge in [0, 0.05) is 24.0 Å². The molecule has 1 aliphatic heterocycles. The zero-order valence-corrected chi connectivity index (χ0v) is 16.1. The average Bonchev–Trinajstić information content (AvgIpc) is 2.68. The molecule has 1 saturated carbocycles. The molecule has 1 saturated heterocycles. The fourth-order valence-corrected chi connectivity index (χ4v) is 5.29. The van der Waals surface area contributed by atoms with Crippen molar-refractivity contribution in [2.24, 2.45) is 10.8 Å². The van der Waals surface area contributed by atoms with Crippen molar-refractivity contribution in [1.29, 1.82) is 0 Å². The fourth-order valence-electron chi connectivity index (χ4n) is 4.73. The van der Waals surface area contributed by atoms with Gasteiger partial charge in [0.1, 0.15) is 0 Å². The Labute approximate surface area is 150 Å². The third-order valence-electron chi connectivity index (χ3n) is 5.12. The molecule has 2 bridgehead atoms. The van der Waals surface area contributed by atoms with Crippen molar-refractivity contribution in [1.82, 2.24) is 4.90 Å². The highest BCUT2D eigenvalue weighted by molar-refractivity contribution is 7.92. The van der Waals surface area contributed by atoms with Crippen LogP contribution >= 0.6 is 0 Å². The predicted molar refractivity (Wildman–Crippen MR) is 100 cm³/mol. The zero-order chi connectivity index (χ0) is 18.5. The molecule has 2 amide bonds. The molecule has 2 fully saturated rings. The van der Waals surface area contributed by atoms with Gasteiger partial charge in [-0.2, -0.15) is 0 Å². The summed E-state index contributed by atoms with van der Waals surface area (Å²) >= 11 is 0. The molecule has 2 N–H and O–H groups in total. The zero-order valence-electron chi connectivity index (χ0n) is 15.3. The molecule has 25 heavy (non-hydrogen) atoms. The lowest BCUT2D eigenvalue weighted by Gasteiger charge is -2.39. The van der Waals surface area contributed by atoms with Crippen molar-refractivity contribution >= 4 is 27.4 Å². The summed E-state index contributed by atoms with van der Waals surface area (Å²) in [4.78, 5) is 14.7. The number of fused-ring (bicyclic) bond motifs is 2. The molecule has 1 aliphatic carbocycles. The number of amides is 2. The van der Waals surface area contributed by atoms with E-state index in [0.717, 1.165) is 32.1 Å². The van der Waals surface area contributed by atoms with E-state index in [1.165, 1.54) is 0 Å². The minimum atomic E-state index is -3.30. The van der Waals surface area contributed by atoms with Crippen LogP contribution in [0.5, 0.6) is 0 Å². The predicted octanol–water partition coefficient (Wildman–Crippen LogP) is 3.49. The van der Waals surface area contributed by atoms with Crippen molar-refractivity contribution in [3.63, 3.8) is 0 Å². The summed E-state index contributed by atoms with van der Waals surface area (Å²) in [6.45, 7) is 7.64. The Bertz CT molecular complexity index is 773. The van der Waals surface area contributed by atoms with Crippen LogP contribution in [0, 0.1) is 10.8 Å². The van der Waals surface area contributed by atoms with Gasteiger partial charge in [-0.1, -0.05) is 20.8 Å². The van der Waals surface area contributed by atoms with Crippen molar-refractivity contribution < 1.29 is 13.2 Å². The second-order valence-corrected chi connectivity index (χ2v) is 10.5. The van der Waals surface area contributed by atoms with Gasteiger partial charge < -0.3 is 10.2 Å². The summed E-state index contributed by atoms with van der Waals surface area (Å²) in [5.41, 5.74) is 1.61. The molecular formula is C18H27N3O3S. The van der Waals surface area contributed by atoms with Gasteiger partial charge in [0.2, 0.25) is 10.0 Å². The van der Waals surface area contributed by atoms with Crippen LogP contribution in [-0.2, 0) is 10.0 Å². The van der Waals surface area contributed by atoms with Crippen molar-refractivity contribution in [3.05, 3.63) is 24.3 Å². The van der Waals surface area contributed by atoms with E-state index in [1.807, 2.05) is 4.90 Å². The first-order valence-electron chi connectivity index (χ1n) is 8.60. The van der Waals surface area contributed by atoms with E-state index >= 15 is 0 Å². The summed E-state index contributed by atoms with van der Waals surface area (Å²) < 4.78 is 24.9. The fraction of sp³-hybridized carbons (Fsp3) is 0.611. The van der Waals surface area contributed by atoms with E-state index in [4.69, 9.17) is 0 Å². The topological polar surface area (TPSA) is 78.5 Å². The molecule has 0 radical (unpaired) electrons. The largest absolute Gasteiger partial charge is 0.322 e. The van der Waals surface area contributed by atoms with Gasteiger partial charge in [-0.15, -0.1) is 0 Å². The van der Waals surface area contributed by atoms with Gasteiger partial charge in [0.25, 0.3) is 0 Å². The number of urea groups is 1. The van der Waals surface area contributed by atoms with Gasteiger partial charge >= 0.3 is 6.03 Å². The molecule has 7 heteroatoms. The number of hydrogen-bond acceptors (Lipinski definition) is 3. The lowest BCUT2D eigenvalue weighted by molar-refractivity contribution is 0.130. The molecule has 138 valence electrons. The number of nitrogens with one attached hydrogen (secondary N) is 2. The Morgan fingerprint density at radius 1 is 1.12 bits per heavy atom. The molecule has 2 atom stereocenters. The second-order valence-electron chi connectivity index (χ2n) is 8.72. The molecule has 0 spiro atoms. The lowest BCUT2D eigenvalue weighted by Crippen LogP contribution is -2.40. The smallest absolute Gasteiger partial charge is 0.321 e. The highest BCUT2D eigenvalue weighted by Gasteiger charge is 2.50. The van der Waals surface area contributed by atoms with E-state index in [2.05, 4.69) is 30.8 Å². The molecule has 3 rings (SSSR count). The first-order chi connectivity index (χ1) is 11.4. The highest BCUT2D eigenvalue weighted by atomic mass is 32.2. The second kappa shape index (κ2) is 5.90. The number of carbonyl (C=O) groups is 1. The Hall–Kier alpha value is -1.76. The molecular weight excluding hydrogens is 338 g/mol. The van der Waals surface area contributed by atoms with Crippen molar-refractivity contribution in [2.45, 2.75) is 46.1 Å². The minimum absolute atomic E-state index is 0.0738. The lowest BCUT2D eigenvalue weighted by atomic mass is 9.65. The van der Waals surface area contributed by atoms with Gasteiger partial charge in [0.15, 0.2) is 0 Å². The molecule has 1 heterocycles. The summed E-state index contributed by atoms with van der Waals surface area (Å²) in [6.07, 6.45) is 4.36. The number of benzene rings is 1. The first-order valence-corrected chi connectivity index (χ1v) is 10.5. The number of rotatable bonds is 3. The molecule has 2 aliphatic rings. The van der Waals surface area contributed by atoms with Gasteiger partial charge in [-0.05, 0) is 54.4 Å². The Kier molecular flexibility index (Phi) is 4.26. The third-order valence-corrected chi connectivity index (χ3v) is 5.72. The minimum Gasteiger partial charge on any atom is -0.321 e. The van der Waals surface area contributed by atoms with Crippen LogP contribution in [0.1, 0.15) is 40.0 Å². The van der Waals surface area contributed by atoms with E-state index in [0.29, 0.717) is 17.4 Å². The van der Waals surface area contributed by atoms with E-state index < -0.39 is 10.0 Å². The third kappa shape index (κ3) is 4.26. The van der Waals surface area contributed by atoms with Gasteiger partial charge in [0.05, 0.1) is 6.26 Å². The molecule has 1 aromatic rings. The van der Waals surface area contributed by atoms with Crippen molar-refractivity contribution in [3.8, 4) is 0 Å². The molecule has 6 nitrogen and oxygen atoms in total. The molecule has 2 unspecified atom stereocenters. The maximum Gasteiger partial charge on any atom is 0.322 e. The monoisotopic (exact) mass is 365 g/mol. The van der Waals surface area contributed by atoms with Crippen LogP contribution in [0.2, 0.25) is 0 Å². The van der Waals surface area contributed by atoms with Crippen LogP contribution < -0.4 is 10.0 Å². The number of anilines is 2. The number of carbonyl (C=O) groups excluding carboxylic acids is 1. The Morgan fingerprint density at radius 2 is 1.72 bits per heavy atom. The average molecular weight is 365 g/mol. The first kappa shape index (κ1) is 18.0. The van der Waals surface area contributed by atoms with Gasteiger partial charge in [-0.3, -0.25) is 4.72 Å². The SMILES string of the molecule is CC1(C)CC2CC(C)(CN2C(=O)Nc2ccc(NS(C)(=O)=O)cc2)C1. The Morgan fingerprint density at radius 3 is 2.32 bits per heavy atom. The number of sulfonamides is 1. The normalized spacial score (nSPS) is 27.8. The van der Waals surface area contributed by atoms with Crippen LogP contribution in [0.25, 0.3) is 0 Å². The van der Waals surface area contributed by atoms with E-state index in [1.54, 1.807) is 24.3 Å². The number of hydrogen-bond donors (Lipinski definition) is 2. The van der Waals surface area contributed by atoms with E-state index in [9.17, 15) is 13.2 Å². The molecule has 0 aromatic heterocycles.